The SMILES string of the molecule is CC(=O)C(C)(C)CC(C)(CC(C)(C)C(C)=O)C(C)=O. The summed E-state index contributed by atoms with van der Waals surface area (Å²) >= 11 is 0. The first kappa shape index (κ1) is 18.0. The highest BCUT2D eigenvalue weighted by atomic mass is 16.1. The highest BCUT2D eigenvalue weighted by molar-refractivity contribution is 5.87. The Morgan fingerprint density at radius 3 is 1.05 bits per heavy atom. The minimum atomic E-state index is -0.648. The molecule has 0 unspecified atom stereocenters. The summed E-state index contributed by atoms with van der Waals surface area (Å²) in [6.07, 6.45) is 0.947. The van der Waals surface area contributed by atoms with E-state index in [1.54, 1.807) is 20.8 Å². The molecule has 0 aromatic rings. The summed E-state index contributed by atoms with van der Waals surface area (Å²) in [6.45, 7) is 14.0. The van der Waals surface area contributed by atoms with Gasteiger partial charge in [-0.05, 0) is 33.6 Å². The van der Waals surface area contributed by atoms with Gasteiger partial charge >= 0.3 is 0 Å². The molecule has 0 radical (unpaired) electrons. The molecule has 0 heterocycles. The van der Waals surface area contributed by atoms with E-state index in [0.29, 0.717) is 12.8 Å². The summed E-state index contributed by atoms with van der Waals surface area (Å²) < 4.78 is 0. The number of Topliss-reactive ketones (excluding diaryl/α,β-unsaturated/α-hetero) is 3. The molecule has 0 saturated carbocycles. The molecule has 0 amide bonds. The first-order valence-electron chi connectivity index (χ1n) is 6.78. The summed E-state index contributed by atoms with van der Waals surface area (Å²) in [5.74, 6) is 0.178. The van der Waals surface area contributed by atoms with Crippen molar-refractivity contribution in [2.45, 2.75) is 68.2 Å². The Hall–Kier alpha value is -0.990. The lowest BCUT2D eigenvalue weighted by molar-refractivity contribution is -0.135. The van der Waals surface area contributed by atoms with Crippen molar-refractivity contribution in [3.63, 3.8) is 0 Å². The van der Waals surface area contributed by atoms with E-state index in [0.717, 1.165) is 0 Å². The van der Waals surface area contributed by atoms with Gasteiger partial charge in [0.05, 0.1) is 0 Å². The van der Waals surface area contributed by atoms with Crippen LogP contribution >= 0.6 is 0 Å². The third-order valence-corrected chi connectivity index (χ3v) is 4.42. The lowest BCUT2D eigenvalue weighted by Crippen LogP contribution is -2.40. The summed E-state index contributed by atoms with van der Waals surface area (Å²) in [5.41, 5.74) is -1.75. The Bertz CT molecular complexity index is 361. The van der Waals surface area contributed by atoms with Crippen LogP contribution in [-0.2, 0) is 14.4 Å². The van der Waals surface area contributed by atoms with Crippen LogP contribution in [-0.4, -0.2) is 17.3 Å². The summed E-state index contributed by atoms with van der Waals surface area (Å²) in [5, 5.41) is 0. The van der Waals surface area contributed by atoms with Crippen molar-refractivity contribution in [3.8, 4) is 0 Å². The quantitative estimate of drug-likeness (QED) is 0.709. The minimum absolute atomic E-state index is 0.0381. The average Bonchev–Trinajstić information content (AvgIpc) is 2.14. The van der Waals surface area contributed by atoms with Crippen molar-refractivity contribution < 1.29 is 14.4 Å². The number of rotatable bonds is 7. The van der Waals surface area contributed by atoms with Gasteiger partial charge < -0.3 is 0 Å². The van der Waals surface area contributed by atoms with Crippen LogP contribution in [0.3, 0.4) is 0 Å². The molecule has 0 rings (SSSR count). The third-order valence-electron chi connectivity index (χ3n) is 4.42. The number of carbonyl (C=O) groups is 3. The predicted octanol–water partition coefficient (Wildman–Crippen LogP) is 3.59. The number of ketones is 3. The maximum absolute atomic E-state index is 12.0. The van der Waals surface area contributed by atoms with Gasteiger partial charge in [-0.15, -0.1) is 0 Å². The van der Waals surface area contributed by atoms with Gasteiger partial charge in [-0.25, -0.2) is 0 Å². The van der Waals surface area contributed by atoms with Crippen LogP contribution in [0.25, 0.3) is 0 Å². The van der Waals surface area contributed by atoms with Gasteiger partial charge in [0, 0.05) is 16.2 Å². The molecule has 0 bridgehead atoms. The molecule has 110 valence electrons. The van der Waals surface area contributed by atoms with Crippen LogP contribution in [0.1, 0.15) is 68.2 Å². The summed E-state index contributed by atoms with van der Waals surface area (Å²) in [7, 11) is 0. The lowest BCUT2D eigenvalue weighted by atomic mass is 9.63. The van der Waals surface area contributed by atoms with Gasteiger partial charge in [0.15, 0.2) is 0 Å². The van der Waals surface area contributed by atoms with E-state index in [1.807, 2.05) is 34.6 Å². The standard InChI is InChI=1S/C16H28O3/c1-11(17)14(4,5)9-16(8,13(3)19)10-15(6,7)12(2)18/h9-10H2,1-8H3. The zero-order valence-corrected chi connectivity index (χ0v) is 13.6. The van der Waals surface area contributed by atoms with E-state index in [9.17, 15) is 14.4 Å². The molecule has 0 aliphatic rings. The molecule has 19 heavy (non-hydrogen) atoms. The molecule has 0 aliphatic carbocycles. The van der Waals surface area contributed by atoms with E-state index in [1.165, 1.54) is 0 Å². The van der Waals surface area contributed by atoms with E-state index < -0.39 is 16.2 Å². The van der Waals surface area contributed by atoms with Crippen molar-refractivity contribution in [2.75, 3.05) is 0 Å². The zero-order valence-electron chi connectivity index (χ0n) is 13.6. The van der Waals surface area contributed by atoms with Crippen molar-refractivity contribution in [2.24, 2.45) is 16.2 Å². The van der Waals surface area contributed by atoms with Crippen molar-refractivity contribution in [1.29, 1.82) is 0 Å². The average molecular weight is 268 g/mol. The Morgan fingerprint density at radius 2 is 0.895 bits per heavy atom. The van der Waals surface area contributed by atoms with Gasteiger partial charge in [0.2, 0.25) is 0 Å². The van der Waals surface area contributed by atoms with Gasteiger partial charge in [-0.1, -0.05) is 34.6 Å². The van der Waals surface area contributed by atoms with Crippen LogP contribution < -0.4 is 0 Å². The normalized spacial score (nSPS) is 13.3. The summed E-state index contributed by atoms with van der Waals surface area (Å²) in [4.78, 5) is 35.4. The van der Waals surface area contributed by atoms with Crippen LogP contribution in [0.5, 0.6) is 0 Å². The fraction of sp³-hybridized carbons (Fsp3) is 0.812. The molecule has 0 aromatic carbocycles. The Morgan fingerprint density at radius 1 is 0.632 bits per heavy atom. The van der Waals surface area contributed by atoms with Crippen molar-refractivity contribution in [1.82, 2.24) is 0 Å². The number of hydrogen-bond acceptors (Lipinski definition) is 3. The van der Waals surface area contributed by atoms with Gasteiger partial charge in [-0.3, -0.25) is 14.4 Å². The molecular formula is C16H28O3. The second-order valence-electron chi connectivity index (χ2n) is 7.35. The van der Waals surface area contributed by atoms with Crippen molar-refractivity contribution in [3.05, 3.63) is 0 Å². The smallest absolute Gasteiger partial charge is 0.135 e. The monoisotopic (exact) mass is 268 g/mol. The van der Waals surface area contributed by atoms with Gasteiger partial charge in [0.25, 0.3) is 0 Å². The molecule has 0 spiro atoms. The highest BCUT2D eigenvalue weighted by Crippen LogP contribution is 2.43. The van der Waals surface area contributed by atoms with Crippen LogP contribution in [0.2, 0.25) is 0 Å². The molecule has 0 aliphatic heterocycles. The Labute approximate surface area is 117 Å². The Kier molecular flexibility index (Phi) is 5.27. The van der Waals surface area contributed by atoms with Crippen molar-refractivity contribution >= 4 is 17.3 Å². The van der Waals surface area contributed by atoms with E-state index in [2.05, 4.69) is 0 Å². The first-order chi connectivity index (χ1) is 8.24. The molecule has 0 N–H and O–H groups in total. The lowest BCUT2D eigenvalue weighted by Gasteiger charge is -2.39. The van der Waals surface area contributed by atoms with Gasteiger partial charge in [0.1, 0.15) is 17.3 Å². The second kappa shape index (κ2) is 5.56. The minimum Gasteiger partial charge on any atom is -0.299 e. The van der Waals surface area contributed by atoms with E-state index in [4.69, 9.17) is 0 Å². The fourth-order valence-electron chi connectivity index (χ4n) is 2.51. The highest BCUT2D eigenvalue weighted by Gasteiger charge is 2.43. The largest absolute Gasteiger partial charge is 0.299 e. The number of carbonyl (C=O) groups excluding carboxylic acids is 3. The molecule has 0 aromatic heterocycles. The topological polar surface area (TPSA) is 51.2 Å². The zero-order chi connectivity index (χ0) is 15.6. The predicted molar refractivity (Wildman–Crippen MR) is 76.9 cm³/mol. The molecule has 0 fully saturated rings. The van der Waals surface area contributed by atoms with Crippen LogP contribution in [0, 0.1) is 16.2 Å². The second-order valence-corrected chi connectivity index (χ2v) is 7.35. The molecule has 0 saturated heterocycles. The van der Waals surface area contributed by atoms with Crippen LogP contribution in [0.15, 0.2) is 0 Å². The maximum atomic E-state index is 12.0. The first-order valence-corrected chi connectivity index (χ1v) is 6.78. The molecular weight excluding hydrogens is 240 g/mol. The molecule has 3 heteroatoms. The van der Waals surface area contributed by atoms with Crippen LogP contribution in [0.4, 0.5) is 0 Å². The molecule has 0 atom stereocenters. The summed E-state index contributed by atoms with van der Waals surface area (Å²) in [6, 6.07) is 0. The molecule has 3 nitrogen and oxygen atoms in total. The maximum Gasteiger partial charge on any atom is 0.135 e. The number of hydrogen-bond donors (Lipinski definition) is 0. The van der Waals surface area contributed by atoms with Gasteiger partial charge in [-0.2, -0.15) is 0 Å². The Balaban J connectivity index is 5.36. The van der Waals surface area contributed by atoms with E-state index in [-0.39, 0.29) is 17.3 Å². The van der Waals surface area contributed by atoms with E-state index >= 15 is 0 Å². The fourth-order valence-corrected chi connectivity index (χ4v) is 2.51. The third kappa shape index (κ3) is 4.55.